The van der Waals surface area contributed by atoms with E-state index in [1.165, 1.54) is 6.42 Å². The summed E-state index contributed by atoms with van der Waals surface area (Å²) in [6, 6.07) is 6.04. The molecule has 0 spiro atoms. The Bertz CT molecular complexity index is 595. The molecule has 27 heavy (non-hydrogen) atoms. The largest absolute Gasteiger partial charge is 0.493 e. The summed E-state index contributed by atoms with van der Waals surface area (Å²) < 4.78 is 10.8. The minimum Gasteiger partial charge on any atom is -0.493 e. The standard InChI is InChI=1S/C22H36N2O3/c1-6-7-22(25)24(19-8-9-20(26-4)21(16-19)27-5)18-11-14-23(15-12-18)13-10-17(2)3/h8-9,16-18H,6-7,10-15H2,1-5H3. The molecule has 0 saturated carbocycles. The van der Waals surface area contributed by atoms with E-state index in [1.807, 2.05) is 23.1 Å². The van der Waals surface area contributed by atoms with Gasteiger partial charge in [-0.15, -0.1) is 0 Å². The van der Waals surface area contributed by atoms with E-state index < -0.39 is 0 Å². The summed E-state index contributed by atoms with van der Waals surface area (Å²) in [7, 11) is 3.26. The number of likely N-dealkylation sites (tertiary alicyclic amines) is 1. The van der Waals surface area contributed by atoms with Crippen molar-refractivity contribution in [1.82, 2.24) is 4.90 Å². The average molecular weight is 377 g/mol. The van der Waals surface area contributed by atoms with Crippen LogP contribution in [-0.2, 0) is 4.79 Å². The van der Waals surface area contributed by atoms with Gasteiger partial charge in [0.05, 0.1) is 14.2 Å². The van der Waals surface area contributed by atoms with Crippen LogP contribution in [0.4, 0.5) is 5.69 Å². The van der Waals surface area contributed by atoms with Crippen LogP contribution < -0.4 is 14.4 Å². The highest BCUT2D eigenvalue weighted by Crippen LogP contribution is 2.34. The molecular formula is C22H36N2O3. The van der Waals surface area contributed by atoms with E-state index in [4.69, 9.17) is 9.47 Å². The summed E-state index contributed by atoms with van der Waals surface area (Å²) in [4.78, 5) is 17.5. The van der Waals surface area contributed by atoms with E-state index in [2.05, 4.69) is 25.7 Å². The zero-order valence-electron chi connectivity index (χ0n) is 17.7. The monoisotopic (exact) mass is 376 g/mol. The number of anilines is 1. The molecule has 0 N–H and O–H groups in total. The number of methoxy groups -OCH3 is 2. The minimum absolute atomic E-state index is 0.199. The van der Waals surface area contributed by atoms with E-state index in [9.17, 15) is 4.79 Å². The Hall–Kier alpha value is -1.75. The van der Waals surface area contributed by atoms with Gasteiger partial charge in [-0.05, 0) is 50.3 Å². The fraction of sp³-hybridized carbons (Fsp3) is 0.682. The number of piperidine rings is 1. The molecule has 1 fully saturated rings. The van der Waals surface area contributed by atoms with E-state index in [1.54, 1.807) is 14.2 Å². The third-order valence-corrected chi connectivity index (χ3v) is 5.32. The highest BCUT2D eigenvalue weighted by atomic mass is 16.5. The van der Waals surface area contributed by atoms with Gasteiger partial charge in [-0.25, -0.2) is 0 Å². The Labute approximate surface area is 164 Å². The number of carbonyl (C=O) groups excluding carboxylic acids is 1. The van der Waals surface area contributed by atoms with Gasteiger partial charge in [0.2, 0.25) is 5.91 Å². The van der Waals surface area contributed by atoms with Crippen molar-refractivity contribution in [3.05, 3.63) is 18.2 Å². The van der Waals surface area contributed by atoms with Crippen LogP contribution in [0.1, 0.15) is 52.9 Å². The number of nitrogens with zero attached hydrogens (tertiary/aromatic N) is 2. The van der Waals surface area contributed by atoms with Crippen LogP contribution in [0, 0.1) is 5.92 Å². The molecular weight excluding hydrogens is 340 g/mol. The zero-order valence-corrected chi connectivity index (χ0v) is 17.7. The quantitative estimate of drug-likeness (QED) is 0.643. The van der Waals surface area contributed by atoms with Crippen LogP contribution in [-0.4, -0.2) is 50.7 Å². The molecule has 0 bridgehead atoms. The van der Waals surface area contributed by atoms with Crippen molar-refractivity contribution < 1.29 is 14.3 Å². The molecule has 1 aliphatic heterocycles. The summed E-state index contributed by atoms with van der Waals surface area (Å²) in [5, 5.41) is 0. The Morgan fingerprint density at radius 3 is 2.41 bits per heavy atom. The Morgan fingerprint density at radius 2 is 1.85 bits per heavy atom. The molecule has 1 heterocycles. The second-order valence-corrected chi connectivity index (χ2v) is 7.81. The lowest BCUT2D eigenvalue weighted by Crippen LogP contribution is -2.48. The predicted molar refractivity (Wildman–Crippen MR) is 111 cm³/mol. The molecule has 5 heteroatoms. The van der Waals surface area contributed by atoms with Crippen molar-refractivity contribution in [3.8, 4) is 11.5 Å². The molecule has 1 aliphatic rings. The third kappa shape index (κ3) is 5.86. The number of ether oxygens (including phenoxy) is 2. The van der Waals surface area contributed by atoms with Gasteiger partial charge in [0.25, 0.3) is 0 Å². The molecule has 0 atom stereocenters. The normalized spacial score (nSPS) is 15.8. The van der Waals surface area contributed by atoms with Crippen molar-refractivity contribution in [1.29, 1.82) is 0 Å². The van der Waals surface area contributed by atoms with Crippen molar-refractivity contribution in [2.75, 3.05) is 38.8 Å². The lowest BCUT2D eigenvalue weighted by Gasteiger charge is -2.39. The molecule has 0 unspecified atom stereocenters. The minimum atomic E-state index is 0.199. The highest BCUT2D eigenvalue weighted by Gasteiger charge is 2.29. The molecule has 0 aromatic heterocycles. The van der Waals surface area contributed by atoms with Crippen molar-refractivity contribution in [2.24, 2.45) is 5.92 Å². The second kappa shape index (κ2) is 10.5. The molecule has 1 aromatic rings. The third-order valence-electron chi connectivity index (χ3n) is 5.32. The first-order valence-electron chi connectivity index (χ1n) is 10.3. The summed E-state index contributed by atoms with van der Waals surface area (Å²) in [6.07, 6.45) is 4.69. The molecule has 2 rings (SSSR count). The predicted octanol–water partition coefficient (Wildman–Crippen LogP) is 4.35. The van der Waals surface area contributed by atoms with Crippen LogP contribution in [0.3, 0.4) is 0 Å². The smallest absolute Gasteiger partial charge is 0.227 e. The Balaban J connectivity index is 2.15. The van der Waals surface area contributed by atoms with E-state index >= 15 is 0 Å². The SMILES string of the molecule is CCCC(=O)N(c1ccc(OC)c(OC)c1)C1CCN(CCC(C)C)CC1. The lowest BCUT2D eigenvalue weighted by molar-refractivity contribution is -0.119. The topological polar surface area (TPSA) is 42.0 Å². The van der Waals surface area contributed by atoms with Gasteiger partial charge >= 0.3 is 0 Å². The van der Waals surface area contributed by atoms with Gasteiger partial charge in [-0.1, -0.05) is 20.8 Å². The molecule has 0 radical (unpaired) electrons. The van der Waals surface area contributed by atoms with Gasteiger partial charge in [0, 0.05) is 37.3 Å². The summed E-state index contributed by atoms with van der Waals surface area (Å²) in [6.45, 7) is 9.87. The zero-order chi connectivity index (χ0) is 19.8. The van der Waals surface area contributed by atoms with Crippen molar-refractivity contribution in [3.63, 3.8) is 0 Å². The number of hydrogen-bond donors (Lipinski definition) is 0. The molecule has 1 amide bonds. The first-order valence-corrected chi connectivity index (χ1v) is 10.3. The number of hydrogen-bond acceptors (Lipinski definition) is 4. The van der Waals surface area contributed by atoms with Crippen LogP contribution in [0.25, 0.3) is 0 Å². The van der Waals surface area contributed by atoms with Crippen LogP contribution >= 0.6 is 0 Å². The highest BCUT2D eigenvalue weighted by molar-refractivity contribution is 5.94. The van der Waals surface area contributed by atoms with Gasteiger partial charge < -0.3 is 19.3 Å². The van der Waals surface area contributed by atoms with Crippen LogP contribution in [0.5, 0.6) is 11.5 Å². The maximum Gasteiger partial charge on any atom is 0.227 e. The number of benzene rings is 1. The fourth-order valence-electron chi connectivity index (χ4n) is 3.71. The summed E-state index contributed by atoms with van der Waals surface area (Å²) >= 11 is 0. The maximum atomic E-state index is 12.9. The van der Waals surface area contributed by atoms with Gasteiger partial charge in [-0.2, -0.15) is 0 Å². The fourth-order valence-corrected chi connectivity index (χ4v) is 3.71. The first-order chi connectivity index (χ1) is 13.0. The van der Waals surface area contributed by atoms with Crippen LogP contribution in [0.2, 0.25) is 0 Å². The molecule has 5 nitrogen and oxygen atoms in total. The van der Waals surface area contributed by atoms with E-state index in [0.29, 0.717) is 17.9 Å². The van der Waals surface area contributed by atoms with E-state index in [-0.39, 0.29) is 11.9 Å². The van der Waals surface area contributed by atoms with Gasteiger partial charge in [-0.3, -0.25) is 4.79 Å². The summed E-state index contributed by atoms with van der Waals surface area (Å²) in [5.41, 5.74) is 0.909. The molecule has 152 valence electrons. The first kappa shape index (κ1) is 21.5. The van der Waals surface area contributed by atoms with Gasteiger partial charge in [0.1, 0.15) is 0 Å². The van der Waals surface area contributed by atoms with Gasteiger partial charge in [0.15, 0.2) is 11.5 Å². The maximum absolute atomic E-state index is 12.9. The molecule has 1 aromatic carbocycles. The van der Waals surface area contributed by atoms with Crippen molar-refractivity contribution >= 4 is 11.6 Å². The van der Waals surface area contributed by atoms with Crippen molar-refractivity contribution in [2.45, 2.75) is 58.9 Å². The Morgan fingerprint density at radius 1 is 1.19 bits per heavy atom. The molecule has 1 saturated heterocycles. The van der Waals surface area contributed by atoms with E-state index in [0.717, 1.165) is 50.5 Å². The van der Waals surface area contributed by atoms with Crippen LogP contribution in [0.15, 0.2) is 18.2 Å². The molecule has 0 aliphatic carbocycles. The number of amides is 1. The number of rotatable bonds is 9. The lowest BCUT2D eigenvalue weighted by atomic mass is 10.00. The average Bonchev–Trinajstić information content (AvgIpc) is 2.67. The summed E-state index contributed by atoms with van der Waals surface area (Å²) in [5.74, 6) is 2.29. The number of carbonyl (C=O) groups is 1. The Kier molecular flexibility index (Phi) is 8.42. The second-order valence-electron chi connectivity index (χ2n) is 7.81.